The summed E-state index contributed by atoms with van der Waals surface area (Å²) in [6.07, 6.45) is -4.79. The second-order valence-corrected chi connectivity index (χ2v) is 4.04. The minimum absolute atomic E-state index is 0.119. The highest BCUT2D eigenvalue weighted by Gasteiger charge is 2.31. The Morgan fingerprint density at radius 1 is 1.05 bits per heavy atom. The monoisotopic (exact) mass is 299 g/mol. The highest BCUT2D eigenvalue weighted by Crippen LogP contribution is 2.23. The van der Waals surface area contributed by atoms with Gasteiger partial charge in [-0.2, -0.15) is 0 Å². The van der Waals surface area contributed by atoms with Gasteiger partial charge in [-0.05, 0) is 42.5 Å². The number of carbonyl (C=O) groups excluding carboxylic acids is 1. The average Bonchev–Trinajstić information content (AvgIpc) is 2.37. The fourth-order valence-corrected chi connectivity index (χ4v) is 1.58. The number of nitrogens with one attached hydrogen (secondary N) is 1. The molecular weight excluding hydrogens is 290 g/mol. The van der Waals surface area contributed by atoms with Gasteiger partial charge in [0.2, 0.25) is 0 Å². The van der Waals surface area contributed by atoms with Crippen LogP contribution in [0.3, 0.4) is 0 Å². The average molecular weight is 299 g/mol. The van der Waals surface area contributed by atoms with E-state index in [1.165, 1.54) is 30.3 Å². The highest BCUT2D eigenvalue weighted by atomic mass is 19.4. The Balaban J connectivity index is 2.06. The lowest BCUT2D eigenvalue weighted by atomic mass is 10.2. The Labute approximate surface area is 117 Å². The Morgan fingerprint density at radius 2 is 1.71 bits per heavy atom. The van der Waals surface area contributed by atoms with E-state index < -0.39 is 23.8 Å². The molecule has 2 aromatic carbocycles. The zero-order valence-corrected chi connectivity index (χ0v) is 10.4. The number of benzene rings is 2. The summed E-state index contributed by atoms with van der Waals surface area (Å²) in [5, 5.41) is 2.42. The molecule has 0 aliphatic rings. The van der Waals surface area contributed by atoms with E-state index in [9.17, 15) is 22.4 Å². The summed E-state index contributed by atoms with van der Waals surface area (Å²) in [6, 6.07) is 9.65. The number of alkyl halides is 3. The van der Waals surface area contributed by atoms with Crippen LogP contribution >= 0.6 is 0 Å². The summed E-state index contributed by atoms with van der Waals surface area (Å²) in [7, 11) is 0. The lowest BCUT2D eigenvalue weighted by Gasteiger charge is -2.09. The first kappa shape index (κ1) is 14.8. The predicted octanol–water partition coefficient (Wildman–Crippen LogP) is 3.98. The lowest BCUT2D eigenvalue weighted by molar-refractivity contribution is -0.274. The maximum absolute atomic E-state index is 13.0. The third-order valence-corrected chi connectivity index (χ3v) is 2.43. The van der Waals surface area contributed by atoms with Crippen LogP contribution in [0.4, 0.5) is 23.2 Å². The fraction of sp³-hybridized carbons (Fsp3) is 0.0714. The molecule has 0 radical (unpaired) electrons. The first-order chi connectivity index (χ1) is 9.83. The van der Waals surface area contributed by atoms with E-state index in [1.807, 2.05) is 0 Å². The molecule has 0 aliphatic carbocycles. The molecule has 0 atom stereocenters. The number of hydrogen-bond donors (Lipinski definition) is 1. The second-order valence-electron chi connectivity index (χ2n) is 4.04. The minimum atomic E-state index is -4.79. The van der Waals surface area contributed by atoms with E-state index in [2.05, 4.69) is 10.1 Å². The molecule has 3 nitrogen and oxygen atoms in total. The summed E-state index contributed by atoms with van der Waals surface area (Å²) in [5.41, 5.74) is 0.365. The summed E-state index contributed by atoms with van der Waals surface area (Å²) in [4.78, 5) is 11.8. The first-order valence-electron chi connectivity index (χ1n) is 5.76. The number of carbonyl (C=O) groups is 1. The number of halogens is 4. The Morgan fingerprint density at radius 3 is 2.29 bits per heavy atom. The van der Waals surface area contributed by atoms with Gasteiger partial charge in [-0.25, -0.2) is 4.39 Å². The molecule has 21 heavy (non-hydrogen) atoms. The standard InChI is InChI=1S/C14H9F4NO2/c15-10-2-1-3-11(8-10)19-13(20)9-4-6-12(7-5-9)21-14(16,17)18/h1-8H,(H,19,20). The van der Waals surface area contributed by atoms with Crippen LogP contribution in [0.15, 0.2) is 48.5 Å². The van der Waals surface area contributed by atoms with Crippen LogP contribution in [0, 0.1) is 5.82 Å². The van der Waals surface area contributed by atoms with E-state index >= 15 is 0 Å². The summed E-state index contributed by atoms with van der Waals surface area (Å²) < 4.78 is 52.6. The zero-order valence-electron chi connectivity index (χ0n) is 10.4. The largest absolute Gasteiger partial charge is 0.573 e. The normalized spacial score (nSPS) is 11.0. The van der Waals surface area contributed by atoms with Crippen molar-refractivity contribution in [1.29, 1.82) is 0 Å². The Bertz CT molecular complexity index is 638. The van der Waals surface area contributed by atoms with Crippen molar-refractivity contribution >= 4 is 11.6 Å². The summed E-state index contributed by atoms with van der Waals surface area (Å²) in [5.74, 6) is -1.51. The van der Waals surface area contributed by atoms with E-state index in [-0.39, 0.29) is 11.3 Å². The van der Waals surface area contributed by atoms with E-state index in [0.717, 1.165) is 18.2 Å². The fourth-order valence-electron chi connectivity index (χ4n) is 1.58. The molecule has 0 heterocycles. The van der Waals surface area contributed by atoms with Gasteiger partial charge in [0.25, 0.3) is 5.91 Å². The number of amides is 1. The minimum Gasteiger partial charge on any atom is -0.406 e. The molecule has 0 unspecified atom stereocenters. The van der Waals surface area contributed by atoms with Gasteiger partial charge in [-0.3, -0.25) is 4.79 Å². The summed E-state index contributed by atoms with van der Waals surface area (Å²) in [6.45, 7) is 0. The van der Waals surface area contributed by atoms with Crippen molar-refractivity contribution in [2.45, 2.75) is 6.36 Å². The van der Waals surface area contributed by atoms with E-state index in [0.29, 0.717) is 0 Å². The Kier molecular flexibility index (Phi) is 4.11. The third kappa shape index (κ3) is 4.48. The van der Waals surface area contributed by atoms with Crippen molar-refractivity contribution in [2.75, 3.05) is 5.32 Å². The quantitative estimate of drug-likeness (QED) is 0.871. The zero-order chi connectivity index (χ0) is 15.5. The van der Waals surface area contributed by atoms with Crippen molar-refractivity contribution in [2.24, 2.45) is 0 Å². The predicted molar refractivity (Wildman–Crippen MR) is 67.5 cm³/mol. The van der Waals surface area contributed by atoms with Crippen LogP contribution < -0.4 is 10.1 Å². The van der Waals surface area contributed by atoms with Crippen molar-refractivity contribution in [1.82, 2.24) is 0 Å². The molecular formula is C14H9F4NO2. The van der Waals surface area contributed by atoms with E-state index in [1.54, 1.807) is 0 Å². The van der Waals surface area contributed by atoms with Crippen LogP contribution in [-0.4, -0.2) is 12.3 Å². The molecule has 0 aromatic heterocycles. The van der Waals surface area contributed by atoms with Gasteiger partial charge < -0.3 is 10.1 Å². The lowest BCUT2D eigenvalue weighted by Crippen LogP contribution is -2.17. The first-order valence-corrected chi connectivity index (χ1v) is 5.76. The molecule has 0 aliphatic heterocycles. The maximum atomic E-state index is 13.0. The van der Waals surface area contributed by atoms with Crippen molar-refractivity contribution in [3.05, 3.63) is 59.9 Å². The smallest absolute Gasteiger partial charge is 0.406 e. The number of anilines is 1. The summed E-state index contributed by atoms with van der Waals surface area (Å²) >= 11 is 0. The molecule has 0 saturated carbocycles. The maximum Gasteiger partial charge on any atom is 0.573 e. The van der Waals surface area contributed by atoms with Gasteiger partial charge in [0.1, 0.15) is 11.6 Å². The van der Waals surface area contributed by atoms with Crippen LogP contribution in [-0.2, 0) is 0 Å². The highest BCUT2D eigenvalue weighted by molar-refractivity contribution is 6.04. The van der Waals surface area contributed by atoms with Gasteiger partial charge in [-0.15, -0.1) is 13.2 Å². The molecule has 2 aromatic rings. The van der Waals surface area contributed by atoms with Gasteiger partial charge in [0.05, 0.1) is 0 Å². The number of ether oxygens (including phenoxy) is 1. The van der Waals surface area contributed by atoms with Gasteiger partial charge in [0.15, 0.2) is 0 Å². The molecule has 1 amide bonds. The molecule has 7 heteroatoms. The molecule has 1 N–H and O–H groups in total. The molecule has 0 fully saturated rings. The second kappa shape index (κ2) is 5.82. The van der Waals surface area contributed by atoms with Crippen LogP contribution in [0.5, 0.6) is 5.75 Å². The molecule has 0 bridgehead atoms. The van der Waals surface area contributed by atoms with Crippen LogP contribution in [0.25, 0.3) is 0 Å². The van der Waals surface area contributed by atoms with Crippen molar-refractivity contribution in [3.63, 3.8) is 0 Å². The van der Waals surface area contributed by atoms with Gasteiger partial charge >= 0.3 is 6.36 Å². The number of hydrogen-bond acceptors (Lipinski definition) is 2. The molecule has 2 rings (SSSR count). The Hall–Kier alpha value is -2.57. The van der Waals surface area contributed by atoms with Crippen LogP contribution in [0.2, 0.25) is 0 Å². The molecule has 110 valence electrons. The van der Waals surface area contributed by atoms with Crippen molar-refractivity contribution < 1.29 is 27.1 Å². The number of rotatable bonds is 3. The third-order valence-electron chi connectivity index (χ3n) is 2.43. The van der Waals surface area contributed by atoms with Crippen molar-refractivity contribution in [3.8, 4) is 5.75 Å². The van der Waals surface area contributed by atoms with E-state index in [4.69, 9.17) is 0 Å². The van der Waals surface area contributed by atoms with Crippen LogP contribution in [0.1, 0.15) is 10.4 Å². The molecule has 0 saturated heterocycles. The SMILES string of the molecule is O=C(Nc1cccc(F)c1)c1ccc(OC(F)(F)F)cc1. The topological polar surface area (TPSA) is 38.3 Å². The van der Waals surface area contributed by atoms with Gasteiger partial charge in [-0.1, -0.05) is 6.07 Å². The molecule has 0 spiro atoms. The van der Waals surface area contributed by atoms with Gasteiger partial charge in [0, 0.05) is 11.3 Å².